The number of Topliss-reactive ketones (excluding diaryl/α,β-unsaturated/α-hetero) is 1. The van der Waals surface area contributed by atoms with Gasteiger partial charge in [-0.2, -0.15) is 0 Å². The van der Waals surface area contributed by atoms with Crippen molar-refractivity contribution in [3.05, 3.63) is 28.2 Å². The summed E-state index contributed by atoms with van der Waals surface area (Å²) in [5.41, 5.74) is 5.77. The average Bonchev–Trinajstić information content (AvgIpc) is 2.16. The van der Waals surface area contributed by atoms with Crippen molar-refractivity contribution in [1.29, 1.82) is 0 Å². The zero-order chi connectivity index (χ0) is 9.84. The average molecular weight is 244 g/mol. The van der Waals surface area contributed by atoms with Gasteiger partial charge in [-0.25, -0.2) is 0 Å². The van der Waals surface area contributed by atoms with Crippen molar-refractivity contribution in [1.82, 2.24) is 0 Å². The molecule has 0 aliphatic carbocycles. The maximum absolute atomic E-state index is 11.3. The van der Waals surface area contributed by atoms with E-state index < -0.39 is 0 Å². The number of nitrogens with two attached hydrogens (primary N) is 1. The highest BCUT2D eigenvalue weighted by atomic mass is 79.9. The van der Waals surface area contributed by atoms with Crippen molar-refractivity contribution >= 4 is 21.7 Å². The molecule has 0 saturated heterocycles. The Balaban J connectivity index is 3.15. The molecule has 1 aromatic carbocycles. The molecule has 3 nitrogen and oxygen atoms in total. The van der Waals surface area contributed by atoms with Crippen molar-refractivity contribution in [2.24, 2.45) is 5.73 Å². The fourth-order valence-electron chi connectivity index (χ4n) is 1.01. The van der Waals surface area contributed by atoms with Crippen molar-refractivity contribution in [2.45, 2.75) is 0 Å². The molecule has 0 aliphatic rings. The minimum absolute atomic E-state index is 0.00713. The van der Waals surface area contributed by atoms with Crippen LogP contribution in [-0.2, 0) is 0 Å². The van der Waals surface area contributed by atoms with E-state index in [4.69, 9.17) is 10.5 Å². The lowest BCUT2D eigenvalue weighted by molar-refractivity contribution is 0.0998. The number of hydrogen-bond acceptors (Lipinski definition) is 3. The Morgan fingerprint density at radius 3 is 2.85 bits per heavy atom. The molecule has 0 fully saturated rings. The molecule has 1 aromatic rings. The van der Waals surface area contributed by atoms with Crippen LogP contribution in [0.1, 0.15) is 10.4 Å². The smallest absolute Gasteiger partial charge is 0.180 e. The lowest BCUT2D eigenvalue weighted by Gasteiger charge is -2.06. The number of rotatable bonds is 3. The third-order valence-electron chi connectivity index (χ3n) is 1.65. The van der Waals surface area contributed by atoms with Crippen LogP contribution in [0.2, 0.25) is 0 Å². The minimum atomic E-state index is -0.127. The van der Waals surface area contributed by atoms with E-state index in [1.807, 2.05) is 6.07 Å². The van der Waals surface area contributed by atoms with Crippen molar-refractivity contribution in [2.75, 3.05) is 13.7 Å². The first-order chi connectivity index (χ1) is 6.19. The molecule has 0 aromatic heterocycles. The lowest BCUT2D eigenvalue weighted by Crippen LogP contribution is -2.14. The fraction of sp³-hybridized carbons (Fsp3) is 0.222. The first kappa shape index (κ1) is 10.2. The van der Waals surface area contributed by atoms with Gasteiger partial charge in [0.25, 0.3) is 0 Å². The molecule has 13 heavy (non-hydrogen) atoms. The second-order valence-electron chi connectivity index (χ2n) is 2.47. The van der Waals surface area contributed by atoms with E-state index in [9.17, 15) is 4.79 Å². The molecule has 0 aliphatic heterocycles. The quantitative estimate of drug-likeness (QED) is 0.821. The second kappa shape index (κ2) is 4.39. The van der Waals surface area contributed by atoms with Gasteiger partial charge in [-0.1, -0.05) is 15.9 Å². The largest absolute Gasteiger partial charge is 0.496 e. The highest BCUT2D eigenvalue weighted by Gasteiger charge is 2.10. The number of carbonyl (C=O) groups is 1. The van der Waals surface area contributed by atoms with Crippen LogP contribution in [0.15, 0.2) is 22.7 Å². The highest BCUT2D eigenvalue weighted by Crippen LogP contribution is 2.22. The minimum Gasteiger partial charge on any atom is -0.496 e. The molecule has 0 atom stereocenters. The number of methoxy groups -OCH3 is 1. The van der Waals surface area contributed by atoms with Crippen LogP contribution in [0.25, 0.3) is 0 Å². The fourth-order valence-corrected chi connectivity index (χ4v) is 1.37. The Bertz CT molecular complexity index is 325. The van der Waals surface area contributed by atoms with Gasteiger partial charge < -0.3 is 10.5 Å². The lowest BCUT2D eigenvalue weighted by atomic mass is 10.1. The molecule has 0 saturated carbocycles. The number of hydrogen-bond donors (Lipinski definition) is 1. The van der Waals surface area contributed by atoms with Crippen molar-refractivity contribution in [3.8, 4) is 5.75 Å². The first-order valence-electron chi connectivity index (χ1n) is 3.76. The van der Waals surface area contributed by atoms with E-state index in [1.54, 1.807) is 12.1 Å². The van der Waals surface area contributed by atoms with Gasteiger partial charge in [0.1, 0.15) is 5.75 Å². The van der Waals surface area contributed by atoms with Gasteiger partial charge in [0.05, 0.1) is 19.2 Å². The molecule has 2 N–H and O–H groups in total. The van der Waals surface area contributed by atoms with E-state index in [2.05, 4.69) is 15.9 Å². The molecule has 4 heteroatoms. The number of benzene rings is 1. The topological polar surface area (TPSA) is 52.3 Å². The van der Waals surface area contributed by atoms with Crippen molar-refractivity contribution < 1.29 is 9.53 Å². The zero-order valence-electron chi connectivity index (χ0n) is 7.21. The summed E-state index contributed by atoms with van der Waals surface area (Å²) in [4.78, 5) is 11.3. The molecular weight excluding hydrogens is 234 g/mol. The predicted molar refractivity (Wildman–Crippen MR) is 54.1 cm³/mol. The number of ketones is 1. The Morgan fingerprint density at radius 1 is 1.62 bits per heavy atom. The number of ether oxygens (including phenoxy) is 1. The Hall–Kier alpha value is -0.870. The van der Waals surface area contributed by atoms with Crippen LogP contribution in [0, 0.1) is 0 Å². The molecule has 0 spiro atoms. The summed E-state index contributed by atoms with van der Waals surface area (Å²) in [5.74, 6) is 0.428. The summed E-state index contributed by atoms with van der Waals surface area (Å²) in [6.45, 7) is -0.00713. The van der Waals surface area contributed by atoms with Crippen molar-refractivity contribution in [3.63, 3.8) is 0 Å². The second-order valence-corrected chi connectivity index (χ2v) is 3.39. The molecule has 1 rings (SSSR count). The maximum atomic E-state index is 11.3. The molecule has 70 valence electrons. The Kier molecular flexibility index (Phi) is 3.45. The highest BCUT2D eigenvalue weighted by molar-refractivity contribution is 9.10. The SMILES string of the molecule is COc1ccc(Br)cc1C(=O)CN. The van der Waals surface area contributed by atoms with Crippen LogP contribution < -0.4 is 10.5 Å². The van der Waals surface area contributed by atoms with Crippen LogP contribution in [0.5, 0.6) is 5.75 Å². The van der Waals surface area contributed by atoms with E-state index in [1.165, 1.54) is 7.11 Å². The van der Waals surface area contributed by atoms with Crippen LogP contribution in [0.3, 0.4) is 0 Å². The third kappa shape index (κ3) is 2.29. The Morgan fingerprint density at radius 2 is 2.31 bits per heavy atom. The summed E-state index contributed by atoms with van der Waals surface area (Å²) in [5, 5.41) is 0. The summed E-state index contributed by atoms with van der Waals surface area (Å²) in [6.07, 6.45) is 0. The van der Waals surface area contributed by atoms with E-state index in [0.29, 0.717) is 11.3 Å². The maximum Gasteiger partial charge on any atom is 0.180 e. The van der Waals surface area contributed by atoms with Crippen LogP contribution in [0.4, 0.5) is 0 Å². The normalized spacial score (nSPS) is 9.77. The van der Waals surface area contributed by atoms with E-state index >= 15 is 0 Å². The zero-order valence-corrected chi connectivity index (χ0v) is 8.80. The van der Waals surface area contributed by atoms with E-state index in [0.717, 1.165) is 4.47 Å². The summed E-state index contributed by atoms with van der Waals surface area (Å²) >= 11 is 3.27. The van der Waals surface area contributed by atoms with Crippen LogP contribution >= 0.6 is 15.9 Å². The summed E-state index contributed by atoms with van der Waals surface area (Å²) in [7, 11) is 1.52. The molecule has 0 radical (unpaired) electrons. The monoisotopic (exact) mass is 243 g/mol. The molecule has 0 unspecified atom stereocenters. The molecule has 0 amide bonds. The standard InChI is InChI=1S/C9H10BrNO2/c1-13-9-3-2-6(10)4-7(9)8(12)5-11/h2-4H,5,11H2,1H3. The van der Waals surface area contributed by atoms with Crippen LogP contribution in [-0.4, -0.2) is 19.4 Å². The number of carbonyl (C=O) groups excluding carboxylic acids is 1. The van der Waals surface area contributed by atoms with Gasteiger partial charge in [0, 0.05) is 4.47 Å². The molecule has 0 bridgehead atoms. The summed E-state index contributed by atoms with van der Waals surface area (Å²) < 4.78 is 5.86. The van der Waals surface area contributed by atoms with Gasteiger partial charge in [0.15, 0.2) is 5.78 Å². The molecule has 0 heterocycles. The predicted octanol–water partition coefficient (Wildman–Crippen LogP) is 1.60. The van der Waals surface area contributed by atoms with Gasteiger partial charge in [-0.05, 0) is 18.2 Å². The van der Waals surface area contributed by atoms with Gasteiger partial charge in [-0.3, -0.25) is 4.79 Å². The van der Waals surface area contributed by atoms with E-state index in [-0.39, 0.29) is 12.3 Å². The van der Waals surface area contributed by atoms with Gasteiger partial charge in [-0.15, -0.1) is 0 Å². The third-order valence-corrected chi connectivity index (χ3v) is 2.14. The van der Waals surface area contributed by atoms with Gasteiger partial charge >= 0.3 is 0 Å². The Labute approximate surface area is 85.0 Å². The number of halogens is 1. The molecular formula is C9H10BrNO2. The summed E-state index contributed by atoms with van der Waals surface area (Å²) in [6, 6.07) is 5.24. The first-order valence-corrected chi connectivity index (χ1v) is 4.55. The van der Waals surface area contributed by atoms with Gasteiger partial charge in [0.2, 0.25) is 0 Å².